The summed E-state index contributed by atoms with van der Waals surface area (Å²) in [6.45, 7) is 0.785. The molecule has 0 bridgehead atoms. The van der Waals surface area contributed by atoms with Crippen molar-refractivity contribution >= 4 is 5.91 Å². The minimum atomic E-state index is -0.694. The molecule has 0 radical (unpaired) electrons. The van der Waals surface area contributed by atoms with E-state index in [1.165, 1.54) is 13.3 Å². The van der Waals surface area contributed by atoms with Crippen LogP contribution < -0.4 is 15.2 Å². The molecule has 0 spiro atoms. The number of amides is 1. The summed E-state index contributed by atoms with van der Waals surface area (Å²) in [6.07, 6.45) is 1.41. The zero-order valence-electron chi connectivity index (χ0n) is 10.3. The van der Waals surface area contributed by atoms with Crippen molar-refractivity contribution in [1.29, 1.82) is 0 Å². The molecule has 2 N–H and O–H groups in total. The quantitative estimate of drug-likeness (QED) is 0.527. The van der Waals surface area contributed by atoms with Gasteiger partial charge in [0, 0.05) is 19.4 Å². The van der Waals surface area contributed by atoms with E-state index in [1.807, 2.05) is 0 Å². The summed E-state index contributed by atoms with van der Waals surface area (Å²) < 4.78 is 20.3. The second-order valence-electron chi connectivity index (χ2n) is 3.22. The predicted octanol–water partition coefficient (Wildman–Crippen LogP) is 0.188. The highest BCUT2D eigenvalue weighted by atomic mass is 16.7. The van der Waals surface area contributed by atoms with E-state index in [0.29, 0.717) is 19.0 Å². The van der Waals surface area contributed by atoms with E-state index >= 15 is 0 Å². The minimum Gasteiger partial charge on any atom is -0.493 e. The summed E-state index contributed by atoms with van der Waals surface area (Å²) in [5.41, 5.74) is 5.20. The average Bonchev–Trinajstić information content (AvgIpc) is 2.38. The SMILES string of the molecule is COCCOCOc1c(OC)ccnc1C(N)=O. The Labute approximate surface area is 105 Å². The standard InChI is InChI=1S/C11H16N2O5/c1-15-5-6-17-7-18-10-8(16-2)3-4-13-9(10)11(12)14/h3-4H,5-7H2,1-2H3,(H2,12,14). The van der Waals surface area contributed by atoms with Gasteiger partial charge in [0.2, 0.25) is 0 Å². The second-order valence-corrected chi connectivity index (χ2v) is 3.22. The third-order valence-corrected chi connectivity index (χ3v) is 2.04. The molecule has 0 aliphatic heterocycles. The summed E-state index contributed by atoms with van der Waals surface area (Å²) in [6, 6.07) is 1.57. The fourth-order valence-electron chi connectivity index (χ4n) is 1.21. The van der Waals surface area contributed by atoms with E-state index < -0.39 is 5.91 Å². The number of nitrogens with zero attached hydrogens (tertiary/aromatic N) is 1. The first kappa shape index (κ1) is 14.2. The number of aromatic nitrogens is 1. The highest BCUT2D eigenvalue weighted by molar-refractivity contribution is 5.94. The summed E-state index contributed by atoms with van der Waals surface area (Å²) >= 11 is 0. The van der Waals surface area contributed by atoms with Crippen LogP contribution in [0, 0.1) is 0 Å². The third-order valence-electron chi connectivity index (χ3n) is 2.04. The van der Waals surface area contributed by atoms with Crippen molar-refractivity contribution in [1.82, 2.24) is 4.98 Å². The van der Waals surface area contributed by atoms with E-state index in [0.717, 1.165) is 0 Å². The Balaban J connectivity index is 2.69. The van der Waals surface area contributed by atoms with Crippen LogP contribution in [0.25, 0.3) is 0 Å². The summed E-state index contributed by atoms with van der Waals surface area (Å²) in [4.78, 5) is 15.0. The number of carbonyl (C=O) groups excluding carboxylic acids is 1. The molecule has 0 unspecified atom stereocenters. The Bertz CT molecular complexity index is 397. The lowest BCUT2D eigenvalue weighted by Gasteiger charge is -2.12. The molecular weight excluding hydrogens is 240 g/mol. The Morgan fingerprint density at radius 3 is 2.78 bits per heavy atom. The van der Waals surface area contributed by atoms with Crippen molar-refractivity contribution in [2.45, 2.75) is 0 Å². The van der Waals surface area contributed by atoms with Crippen LogP contribution in [0.3, 0.4) is 0 Å². The molecule has 1 aromatic rings. The second kappa shape index (κ2) is 7.46. The maximum absolute atomic E-state index is 11.2. The summed E-state index contributed by atoms with van der Waals surface area (Å²) in [5, 5.41) is 0. The predicted molar refractivity (Wildman–Crippen MR) is 62.6 cm³/mol. The molecule has 0 saturated heterocycles. The fourth-order valence-corrected chi connectivity index (χ4v) is 1.21. The summed E-state index contributed by atoms with van der Waals surface area (Å²) in [5.74, 6) is -0.153. The summed E-state index contributed by atoms with van der Waals surface area (Å²) in [7, 11) is 3.03. The van der Waals surface area contributed by atoms with Gasteiger partial charge in [0.25, 0.3) is 5.91 Å². The first-order valence-corrected chi connectivity index (χ1v) is 5.23. The fraction of sp³-hybridized carbons (Fsp3) is 0.455. The first-order chi connectivity index (χ1) is 8.70. The van der Waals surface area contributed by atoms with Gasteiger partial charge in [-0.1, -0.05) is 0 Å². The molecule has 0 aliphatic rings. The van der Waals surface area contributed by atoms with E-state index in [-0.39, 0.29) is 18.2 Å². The van der Waals surface area contributed by atoms with Crippen molar-refractivity contribution in [2.75, 3.05) is 34.2 Å². The van der Waals surface area contributed by atoms with Crippen LogP contribution >= 0.6 is 0 Å². The van der Waals surface area contributed by atoms with Gasteiger partial charge < -0.3 is 24.7 Å². The average molecular weight is 256 g/mol. The van der Waals surface area contributed by atoms with E-state index in [1.54, 1.807) is 13.2 Å². The van der Waals surface area contributed by atoms with Crippen molar-refractivity contribution in [3.05, 3.63) is 18.0 Å². The van der Waals surface area contributed by atoms with Gasteiger partial charge in [-0.25, -0.2) is 4.98 Å². The Morgan fingerprint density at radius 2 is 2.17 bits per heavy atom. The molecule has 18 heavy (non-hydrogen) atoms. The molecule has 1 rings (SSSR count). The van der Waals surface area contributed by atoms with E-state index in [2.05, 4.69) is 4.98 Å². The lowest BCUT2D eigenvalue weighted by Crippen LogP contribution is -2.17. The van der Waals surface area contributed by atoms with Gasteiger partial charge in [-0.15, -0.1) is 0 Å². The number of nitrogens with two attached hydrogens (primary N) is 1. The molecule has 100 valence electrons. The molecule has 1 heterocycles. The van der Waals surface area contributed by atoms with Crippen LogP contribution in [0.5, 0.6) is 11.5 Å². The first-order valence-electron chi connectivity index (χ1n) is 5.23. The van der Waals surface area contributed by atoms with Gasteiger partial charge in [0.1, 0.15) is 0 Å². The number of methoxy groups -OCH3 is 2. The number of ether oxygens (including phenoxy) is 4. The van der Waals surface area contributed by atoms with Gasteiger partial charge in [0.15, 0.2) is 24.0 Å². The number of primary amides is 1. The third kappa shape index (κ3) is 3.86. The molecule has 7 nitrogen and oxygen atoms in total. The van der Waals surface area contributed by atoms with Crippen molar-refractivity contribution < 1.29 is 23.7 Å². The van der Waals surface area contributed by atoms with Crippen LogP contribution in [0.2, 0.25) is 0 Å². The highest BCUT2D eigenvalue weighted by Crippen LogP contribution is 2.29. The van der Waals surface area contributed by atoms with Crippen LogP contribution in [0.4, 0.5) is 0 Å². The molecule has 0 aromatic carbocycles. The maximum Gasteiger partial charge on any atom is 0.271 e. The number of pyridine rings is 1. The van der Waals surface area contributed by atoms with Crippen molar-refractivity contribution in [2.24, 2.45) is 5.73 Å². The molecule has 0 saturated carbocycles. The number of hydrogen-bond acceptors (Lipinski definition) is 6. The molecule has 0 fully saturated rings. The Hall–Kier alpha value is -1.86. The van der Waals surface area contributed by atoms with Crippen molar-refractivity contribution in [3.63, 3.8) is 0 Å². The molecule has 0 atom stereocenters. The van der Waals surface area contributed by atoms with Crippen LogP contribution in [0.15, 0.2) is 12.3 Å². The lowest BCUT2D eigenvalue weighted by molar-refractivity contribution is -0.00992. The molecule has 1 amide bonds. The van der Waals surface area contributed by atoms with Crippen LogP contribution in [0.1, 0.15) is 10.5 Å². The Kier molecular flexibility index (Phi) is 5.89. The smallest absolute Gasteiger partial charge is 0.271 e. The largest absolute Gasteiger partial charge is 0.493 e. The normalized spacial score (nSPS) is 10.1. The number of carbonyl (C=O) groups is 1. The Morgan fingerprint density at radius 1 is 1.39 bits per heavy atom. The van der Waals surface area contributed by atoms with E-state index in [9.17, 15) is 4.79 Å². The van der Waals surface area contributed by atoms with Gasteiger partial charge in [0.05, 0.1) is 20.3 Å². The van der Waals surface area contributed by atoms with Gasteiger partial charge in [-0.2, -0.15) is 0 Å². The van der Waals surface area contributed by atoms with Crippen LogP contribution in [-0.4, -0.2) is 45.1 Å². The van der Waals surface area contributed by atoms with Gasteiger partial charge >= 0.3 is 0 Å². The number of hydrogen-bond donors (Lipinski definition) is 1. The zero-order chi connectivity index (χ0) is 13.4. The molecular formula is C11H16N2O5. The molecule has 1 aromatic heterocycles. The highest BCUT2D eigenvalue weighted by Gasteiger charge is 2.16. The van der Waals surface area contributed by atoms with Gasteiger partial charge in [-0.3, -0.25) is 4.79 Å². The number of rotatable bonds is 8. The lowest BCUT2D eigenvalue weighted by atomic mass is 10.3. The maximum atomic E-state index is 11.2. The minimum absolute atomic E-state index is 0.00434. The monoisotopic (exact) mass is 256 g/mol. The molecule has 7 heteroatoms. The van der Waals surface area contributed by atoms with E-state index in [4.69, 9.17) is 24.7 Å². The molecule has 0 aliphatic carbocycles. The van der Waals surface area contributed by atoms with Crippen LogP contribution in [-0.2, 0) is 9.47 Å². The zero-order valence-corrected chi connectivity index (χ0v) is 10.3. The van der Waals surface area contributed by atoms with Crippen molar-refractivity contribution in [3.8, 4) is 11.5 Å². The van der Waals surface area contributed by atoms with Gasteiger partial charge in [-0.05, 0) is 0 Å². The topological polar surface area (TPSA) is 92.9 Å².